The molecule has 0 amide bonds. The molecule has 7 rings (SSSR count). The lowest BCUT2D eigenvalue weighted by Gasteiger charge is -2.37. The second-order valence-corrected chi connectivity index (χ2v) is 14.0. The first-order valence-corrected chi connectivity index (χ1v) is 18.2. The van der Waals surface area contributed by atoms with E-state index in [1.165, 1.54) is 11.8 Å². The Bertz CT molecular complexity index is 1920. The molecule has 2 aliphatic rings. The molecular formula is C36H41ClN8O4S. The predicted molar refractivity (Wildman–Crippen MR) is 195 cm³/mol. The smallest absolute Gasteiger partial charge is 0.350 e. The van der Waals surface area contributed by atoms with Gasteiger partial charge in [-0.15, -0.1) is 10.2 Å². The van der Waals surface area contributed by atoms with Crippen molar-refractivity contribution < 1.29 is 14.2 Å². The van der Waals surface area contributed by atoms with Gasteiger partial charge in [-0.25, -0.2) is 14.0 Å². The molecule has 2 saturated heterocycles. The van der Waals surface area contributed by atoms with Gasteiger partial charge in [-0.1, -0.05) is 42.4 Å². The van der Waals surface area contributed by atoms with Crippen molar-refractivity contribution in [2.75, 3.05) is 54.9 Å². The maximum atomic E-state index is 12.8. The van der Waals surface area contributed by atoms with Crippen molar-refractivity contribution in [3.05, 3.63) is 107 Å². The molecule has 2 aliphatic heterocycles. The van der Waals surface area contributed by atoms with Crippen molar-refractivity contribution in [3.63, 3.8) is 0 Å². The van der Waals surface area contributed by atoms with Crippen LogP contribution in [0.1, 0.15) is 31.9 Å². The average Bonchev–Trinajstić information content (AvgIpc) is 3.88. The second-order valence-electron chi connectivity index (χ2n) is 12.6. The standard InChI is InChI=1S/C36H41ClN8O4S/c1-4-26(2)45-35(46)44(25-39-45)31-11-9-29(10-12-31)42-17-19-43(20-18-42)30-13-15-32(16-14-30)47-21-33-22-48-36(49-33,27-5-7-28(37)8-6-27)23-50-34-40-38-24-41(34)3/h5-16,24-26,33H,4,17-23H2,1-3H3/t26?,33?,36-/m0/s1. The Balaban J connectivity index is 0.914. The summed E-state index contributed by atoms with van der Waals surface area (Å²) in [5, 5.41) is 13.9. The minimum Gasteiger partial charge on any atom is -0.491 e. The molecule has 0 N–H and O–H groups in total. The Morgan fingerprint density at radius 1 is 0.940 bits per heavy atom. The summed E-state index contributed by atoms with van der Waals surface area (Å²) in [5.41, 5.74) is 3.90. The molecular weight excluding hydrogens is 676 g/mol. The van der Waals surface area contributed by atoms with Gasteiger partial charge in [0.05, 0.1) is 24.1 Å². The topological polar surface area (TPSA) is 105 Å². The molecule has 2 aromatic heterocycles. The van der Waals surface area contributed by atoms with E-state index in [2.05, 4.69) is 56.3 Å². The van der Waals surface area contributed by atoms with Crippen molar-refractivity contribution in [2.24, 2.45) is 7.05 Å². The molecule has 2 unspecified atom stereocenters. The van der Waals surface area contributed by atoms with Crippen LogP contribution in [0.3, 0.4) is 0 Å². The number of benzene rings is 3. The number of halogens is 1. The van der Waals surface area contributed by atoms with Crippen molar-refractivity contribution >= 4 is 34.7 Å². The molecule has 3 aromatic carbocycles. The SMILES string of the molecule is CCC(C)n1ncn(-c2ccc(N3CCN(c4ccc(OCC5CO[C@](CSc6nncn6C)(c6ccc(Cl)cc6)O5)cc4)CC3)cc2)c1=O. The number of hydrogen-bond acceptors (Lipinski definition) is 10. The van der Waals surface area contributed by atoms with E-state index in [4.69, 9.17) is 25.8 Å². The van der Waals surface area contributed by atoms with Gasteiger partial charge < -0.3 is 28.6 Å². The van der Waals surface area contributed by atoms with Gasteiger partial charge in [0, 0.05) is 55.2 Å². The number of piperazine rings is 1. The molecule has 2 fully saturated rings. The summed E-state index contributed by atoms with van der Waals surface area (Å²) >= 11 is 7.70. The Kier molecular flexibility index (Phi) is 10.2. The van der Waals surface area contributed by atoms with E-state index in [1.807, 2.05) is 67.1 Å². The molecule has 0 saturated carbocycles. The minimum atomic E-state index is -0.958. The number of nitrogens with zero attached hydrogens (tertiary/aromatic N) is 8. The van der Waals surface area contributed by atoms with E-state index in [1.54, 1.807) is 21.9 Å². The van der Waals surface area contributed by atoms with Gasteiger partial charge in [-0.05, 0) is 74.0 Å². The summed E-state index contributed by atoms with van der Waals surface area (Å²) < 4.78 is 24.1. The fraction of sp³-hybridized carbons (Fsp3) is 0.389. The van der Waals surface area contributed by atoms with Crippen LogP contribution in [0.2, 0.25) is 5.02 Å². The molecule has 4 heterocycles. The highest BCUT2D eigenvalue weighted by Crippen LogP contribution is 2.39. The molecule has 3 atom stereocenters. The van der Waals surface area contributed by atoms with E-state index >= 15 is 0 Å². The molecule has 0 radical (unpaired) electrons. The molecule has 5 aromatic rings. The Morgan fingerprint density at radius 3 is 2.20 bits per heavy atom. The lowest BCUT2D eigenvalue weighted by atomic mass is 10.1. The van der Waals surface area contributed by atoms with Crippen molar-refractivity contribution in [1.82, 2.24) is 29.1 Å². The lowest BCUT2D eigenvalue weighted by Crippen LogP contribution is -2.46. The Labute approximate surface area is 300 Å². The van der Waals surface area contributed by atoms with Crippen LogP contribution in [0, 0.1) is 0 Å². The fourth-order valence-corrected chi connectivity index (χ4v) is 7.30. The van der Waals surface area contributed by atoms with Crippen LogP contribution in [-0.2, 0) is 22.3 Å². The van der Waals surface area contributed by atoms with E-state index < -0.39 is 5.79 Å². The Morgan fingerprint density at radius 2 is 1.58 bits per heavy atom. The largest absolute Gasteiger partial charge is 0.491 e. The quantitative estimate of drug-likeness (QED) is 0.153. The summed E-state index contributed by atoms with van der Waals surface area (Å²) in [6.45, 7) is 8.40. The van der Waals surface area contributed by atoms with Crippen molar-refractivity contribution in [3.8, 4) is 11.4 Å². The first kappa shape index (κ1) is 34.2. The molecule has 14 heteroatoms. The third kappa shape index (κ3) is 7.27. The summed E-state index contributed by atoms with van der Waals surface area (Å²) in [5.74, 6) is 0.319. The summed E-state index contributed by atoms with van der Waals surface area (Å²) in [7, 11) is 1.91. The van der Waals surface area contributed by atoms with Gasteiger partial charge in [-0.2, -0.15) is 5.10 Å². The zero-order valence-electron chi connectivity index (χ0n) is 28.4. The fourth-order valence-electron chi connectivity index (χ4n) is 6.18. The van der Waals surface area contributed by atoms with Gasteiger partial charge in [-0.3, -0.25) is 0 Å². The first-order chi connectivity index (χ1) is 24.3. The van der Waals surface area contributed by atoms with Crippen LogP contribution in [0.25, 0.3) is 5.69 Å². The molecule has 0 bridgehead atoms. The maximum absolute atomic E-state index is 12.8. The minimum absolute atomic E-state index is 0.0680. The van der Waals surface area contributed by atoms with Crippen LogP contribution in [-0.4, -0.2) is 80.4 Å². The molecule has 12 nitrogen and oxygen atoms in total. The van der Waals surface area contributed by atoms with Crippen LogP contribution < -0.4 is 20.2 Å². The van der Waals surface area contributed by atoms with Crippen LogP contribution >= 0.6 is 23.4 Å². The van der Waals surface area contributed by atoms with Crippen LogP contribution in [0.5, 0.6) is 5.75 Å². The number of hydrogen-bond donors (Lipinski definition) is 0. The van der Waals surface area contributed by atoms with Gasteiger partial charge in [0.15, 0.2) is 5.16 Å². The number of thioether (sulfide) groups is 1. The van der Waals surface area contributed by atoms with Gasteiger partial charge in [0.2, 0.25) is 5.79 Å². The van der Waals surface area contributed by atoms with Gasteiger partial charge >= 0.3 is 5.69 Å². The van der Waals surface area contributed by atoms with Gasteiger partial charge in [0.1, 0.15) is 31.1 Å². The molecule has 262 valence electrons. The molecule has 0 aliphatic carbocycles. The van der Waals surface area contributed by atoms with Gasteiger partial charge in [0.25, 0.3) is 0 Å². The maximum Gasteiger partial charge on any atom is 0.350 e. The summed E-state index contributed by atoms with van der Waals surface area (Å²) in [6, 6.07) is 24.0. The van der Waals surface area contributed by atoms with E-state index in [9.17, 15) is 4.79 Å². The van der Waals surface area contributed by atoms with E-state index in [0.717, 1.165) is 66.1 Å². The first-order valence-electron chi connectivity index (χ1n) is 16.9. The predicted octanol–water partition coefficient (Wildman–Crippen LogP) is 5.55. The van der Waals surface area contributed by atoms with Crippen molar-refractivity contribution in [1.29, 1.82) is 0 Å². The number of ether oxygens (including phenoxy) is 3. The molecule has 0 spiro atoms. The highest BCUT2D eigenvalue weighted by Gasteiger charge is 2.44. The van der Waals surface area contributed by atoms with Crippen molar-refractivity contribution in [2.45, 2.75) is 43.4 Å². The van der Waals surface area contributed by atoms with E-state index in [-0.39, 0.29) is 17.8 Å². The normalized spacial score (nSPS) is 20.0. The number of anilines is 2. The average molecular weight is 717 g/mol. The number of aromatic nitrogens is 6. The number of aryl methyl sites for hydroxylation is 1. The highest BCUT2D eigenvalue weighted by atomic mass is 35.5. The van der Waals surface area contributed by atoms with Crippen LogP contribution in [0.4, 0.5) is 11.4 Å². The summed E-state index contributed by atoms with van der Waals surface area (Å²) in [4.78, 5) is 17.6. The van der Waals surface area contributed by atoms with Crippen LogP contribution in [0.15, 0.2) is 95.4 Å². The lowest BCUT2D eigenvalue weighted by molar-refractivity contribution is -0.160. The number of rotatable bonds is 12. The molecule has 50 heavy (non-hydrogen) atoms. The zero-order chi connectivity index (χ0) is 34.7. The third-order valence-electron chi connectivity index (χ3n) is 9.32. The highest BCUT2D eigenvalue weighted by molar-refractivity contribution is 7.99. The zero-order valence-corrected chi connectivity index (χ0v) is 30.0. The second kappa shape index (κ2) is 14.9. The van der Waals surface area contributed by atoms with E-state index in [0.29, 0.717) is 24.0 Å². The monoisotopic (exact) mass is 716 g/mol. The Hall–Kier alpha value is -4.30. The third-order valence-corrected chi connectivity index (χ3v) is 10.7. The summed E-state index contributed by atoms with van der Waals surface area (Å²) in [6.07, 6.45) is 3.88.